The number of carbonyl (C=O) groups is 2. The van der Waals surface area contributed by atoms with Gasteiger partial charge in [0, 0.05) is 5.92 Å². The van der Waals surface area contributed by atoms with Crippen LogP contribution in [-0.2, 0) is 9.59 Å². The summed E-state index contributed by atoms with van der Waals surface area (Å²) in [6, 6.07) is 0. The molecule has 2 unspecified atom stereocenters. The van der Waals surface area contributed by atoms with Gasteiger partial charge in [0.05, 0.1) is 5.92 Å². The molecule has 0 aromatic heterocycles. The number of carbonyl (C=O) groups excluding carboxylic acids is 1. The summed E-state index contributed by atoms with van der Waals surface area (Å²) in [6.07, 6.45) is 0.750. The molecule has 0 aromatic carbocycles. The molecule has 0 saturated heterocycles. The van der Waals surface area contributed by atoms with Crippen LogP contribution in [0.25, 0.3) is 0 Å². The van der Waals surface area contributed by atoms with Crippen molar-refractivity contribution >= 4 is 11.8 Å². The van der Waals surface area contributed by atoms with Gasteiger partial charge in [-0.2, -0.15) is 0 Å². The summed E-state index contributed by atoms with van der Waals surface area (Å²) in [5, 5.41) is 9.36. The fourth-order valence-corrected chi connectivity index (χ4v) is 2.28. The largest absolute Gasteiger partial charge is 0.481 e. The van der Waals surface area contributed by atoms with Crippen LogP contribution in [-0.4, -0.2) is 16.9 Å². The smallest absolute Gasteiger partial charge is 0.307 e. The topological polar surface area (TPSA) is 54.4 Å². The van der Waals surface area contributed by atoms with Crippen molar-refractivity contribution in [2.45, 2.75) is 48.0 Å². The van der Waals surface area contributed by atoms with Crippen LogP contribution in [0.3, 0.4) is 0 Å². The van der Waals surface area contributed by atoms with E-state index in [2.05, 4.69) is 0 Å². The van der Waals surface area contributed by atoms with Crippen molar-refractivity contribution in [2.75, 3.05) is 0 Å². The number of Topliss-reactive ketones (excluding diaryl/α,β-unsaturated/α-hetero) is 1. The first-order chi connectivity index (χ1) is 7.15. The maximum atomic E-state index is 11.6. The predicted molar refractivity (Wildman–Crippen MR) is 64.2 cm³/mol. The van der Waals surface area contributed by atoms with E-state index >= 15 is 0 Å². The van der Waals surface area contributed by atoms with Gasteiger partial charge < -0.3 is 5.11 Å². The highest BCUT2D eigenvalue weighted by molar-refractivity contribution is 5.85. The third-order valence-corrected chi connectivity index (χ3v) is 3.57. The highest BCUT2D eigenvalue weighted by atomic mass is 16.4. The molecule has 94 valence electrons. The summed E-state index contributed by atoms with van der Waals surface area (Å²) in [6.45, 7) is 11.1. The van der Waals surface area contributed by atoms with Crippen molar-refractivity contribution in [1.82, 2.24) is 0 Å². The molecule has 0 heterocycles. The van der Waals surface area contributed by atoms with E-state index in [-0.39, 0.29) is 17.1 Å². The number of carboxylic acids is 1. The van der Waals surface area contributed by atoms with Crippen LogP contribution < -0.4 is 0 Å². The van der Waals surface area contributed by atoms with Crippen LogP contribution >= 0.6 is 0 Å². The van der Waals surface area contributed by atoms with Gasteiger partial charge in [0.25, 0.3) is 0 Å². The van der Waals surface area contributed by atoms with Gasteiger partial charge in [-0.1, -0.05) is 41.0 Å². The van der Waals surface area contributed by atoms with E-state index in [0.29, 0.717) is 0 Å². The molecule has 0 aliphatic rings. The number of rotatable bonds is 6. The zero-order valence-corrected chi connectivity index (χ0v) is 11.2. The van der Waals surface area contributed by atoms with Crippen molar-refractivity contribution in [3.63, 3.8) is 0 Å². The third-order valence-electron chi connectivity index (χ3n) is 3.57. The molecule has 0 saturated carbocycles. The van der Waals surface area contributed by atoms with Crippen LogP contribution in [0, 0.1) is 23.2 Å². The van der Waals surface area contributed by atoms with Crippen LogP contribution in [0.1, 0.15) is 48.0 Å². The lowest BCUT2D eigenvalue weighted by atomic mass is 9.66. The molecular weight excluding hydrogens is 204 g/mol. The summed E-state index contributed by atoms with van der Waals surface area (Å²) in [4.78, 5) is 23.0. The summed E-state index contributed by atoms with van der Waals surface area (Å²) in [5.74, 6) is -1.82. The van der Waals surface area contributed by atoms with Crippen molar-refractivity contribution in [3.8, 4) is 0 Å². The highest BCUT2D eigenvalue weighted by Gasteiger charge is 2.43. The van der Waals surface area contributed by atoms with Gasteiger partial charge in [-0.15, -0.1) is 0 Å². The Morgan fingerprint density at radius 2 is 1.69 bits per heavy atom. The summed E-state index contributed by atoms with van der Waals surface area (Å²) in [7, 11) is 0. The normalized spacial score (nSPS) is 15.9. The fraction of sp³-hybridized carbons (Fsp3) is 0.846. The van der Waals surface area contributed by atoms with Crippen LogP contribution in [0.15, 0.2) is 0 Å². The zero-order chi connectivity index (χ0) is 13.1. The number of hydrogen-bond donors (Lipinski definition) is 1. The van der Waals surface area contributed by atoms with Crippen LogP contribution in [0.2, 0.25) is 0 Å². The maximum absolute atomic E-state index is 11.6. The molecule has 3 heteroatoms. The average Bonchev–Trinajstić information content (AvgIpc) is 2.11. The van der Waals surface area contributed by atoms with E-state index in [1.807, 2.05) is 34.6 Å². The van der Waals surface area contributed by atoms with E-state index in [1.54, 1.807) is 0 Å². The second kappa shape index (κ2) is 5.46. The molecule has 0 radical (unpaired) electrons. The van der Waals surface area contributed by atoms with Gasteiger partial charge in [0.1, 0.15) is 5.78 Å². The minimum Gasteiger partial charge on any atom is -0.481 e. The Balaban J connectivity index is 5.33. The van der Waals surface area contributed by atoms with E-state index < -0.39 is 17.8 Å². The number of ketones is 1. The lowest BCUT2D eigenvalue weighted by Crippen LogP contribution is -2.41. The van der Waals surface area contributed by atoms with E-state index in [9.17, 15) is 14.7 Å². The zero-order valence-electron chi connectivity index (χ0n) is 11.2. The van der Waals surface area contributed by atoms with Gasteiger partial charge >= 0.3 is 5.97 Å². The Hall–Kier alpha value is -0.860. The maximum Gasteiger partial charge on any atom is 0.307 e. The van der Waals surface area contributed by atoms with Gasteiger partial charge in [0.15, 0.2) is 0 Å². The second-order valence-electron chi connectivity index (χ2n) is 5.54. The van der Waals surface area contributed by atoms with Crippen molar-refractivity contribution in [1.29, 1.82) is 0 Å². The lowest BCUT2D eigenvalue weighted by Gasteiger charge is -2.36. The monoisotopic (exact) mass is 228 g/mol. The SMILES string of the molecule is CCC(C)(C)C(C(=O)O)C(C(C)=O)C(C)C. The minimum absolute atomic E-state index is 0.0241. The Bertz CT molecular complexity index is 266. The number of hydrogen-bond acceptors (Lipinski definition) is 2. The van der Waals surface area contributed by atoms with Gasteiger partial charge in [-0.25, -0.2) is 0 Å². The molecular formula is C13H24O3. The Kier molecular flexibility index (Phi) is 5.17. The van der Waals surface area contributed by atoms with Gasteiger partial charge in [-0.05, 0) is 18.3 Å². The molecule has 0 rings (SSSR count). The fourth-order valence-electron chi connectivity index (χ4n) is 2.28. The predicted octanol–water partition coefficient (Wildman–Crippen LogP) is 2.98. The first-order valence-corrected chi connectivity index (χ1v) is 5.88. The lowest BCUT2D eigenvalue weighted by molar-refractivity contribution is -0.153. The molecule has 3 nitrogen and oxygen atoms in total. The molecule has 2 atom stereocenters. The van der Waals surface area contributed by atoms with E-state index in [4.69, 9.17) is 0 Å². The highest BCUT2D eigenvalue weighted by Crippen LogP contribution is 2.39. The third kappa shape index (κ3) is 3.32. The molecule has 0 fully saturated rings. The Labute approximate surface area is 98.2 Å². The first kappa shape index (κ1) is 15.1. The van der Waals surface area contributed by atoms with Gasteiger partial charge in [-0.3, -0.25) is 9.59 Å². The van der Waals surface area contributed by atoms with Crippen LogP contribution in [0.4, 0.5) is 0 Å². The number of aliphatic carboxylic acids is 1. The quantitative estimate of drug-likeness (QED) is 0.760. The van der Waals surface area contributed by atoms with Crippen molar-refractivity contribution in [2.24, 2.45) is 23.2 Å². The molecule has 0 amide bonds. The van der Waals surface area contributed by atoms with Crippen LogP contribution in [0.5, 0.6) is 0 Å². The Morgan fingerprint density at radius 3 is 1.88 bits per heavy atom. The first-order valence-electron chi connectivity index (χ1n) is 5.88. The molecule has 1 N–H and O–H groups in total. The molecule has 16 heavy (non-hydrogen) atoms. The van der Waals surface area contributed by atoms with Crippen molar-refractivity contribution < 1.29 is 14.7 Å². The minimum atomic E-state index is -0.860. The summed E-state index contributed by atoms with van der Waals surface area (Å²) >= 11 is 0. The molecule has 0 spiro atoms. The molecule has 0 aliphatic heterocycles. The summed E-state index contributed by atoms with van der Waals surface area (Å²) in [5.41, 5.74) is -0.355. The second-order valence-corrected chi connectivity index (χ2v) is 5.54. The average molecular weight is 228 g/mol. The molecule has 0 aromatic rings. The summed E-state index contributed by atoms with van der Waals surface area (Å²) < 4.78 is 0. The van der Waals surface area contributed by atoms with E-state index in [1.165, 1.54) is 6.92 Å². The van der Waals surface area contributed by atoms with Crippen molar-refractivity contribution in [3.05, 3.63) is 0 Å². The Morgan fingerprint density at radius 1 is 1.25 bits per heavy atom. The number of carboxylic acid groups (broad SMARTS) is 1. The molecule has 0 aliphatic carbocycles. The standard InChI is InChI=1S/C13H24O3/c1-7-13(5,6)11(12(15)16)10(8(2)3)9(4)14/h8,10-11H,7H2,1-6H3,(H,15,16). The van der Waals surface area contributed by atoms with E-state index in [0.717, 1.165) is 6.42 Å². The van der Waals surface area contributed by atoms with Gasteiger partial charge in [0.2, 0.25) is 0 Å². The molecule has 0 bridgehead atoms.